The molecule has 0 amide bonds. The molecule has 0 radical (unpaired) electrons. The standard InChI is InChI=1S/C12H25N5/c1-9(12(2,3)4)7-10(13-5)8-11-14-16-17(6)15-11/h9-10,13H,7-8H2,1-6H3. The average molecular weight is 239 g/mol. The highest BCUT2D eigenvalue weighted by molar-refractivity contribution is 4.86. The summed E-state index contributed by atoms with van der Waals surface area (Å²) in [6, 6.07) is 0.411. The van der Waals surface area contributed by atoms with Crippen molar-refractivity contribution in [1.29, 1.82) is 0 Å². The van der Waals surface area contributed by atoms with Crippen molar-refractivity contribution in [3.05, 3.63) is 5.82 Å². The molecule has 0 bridgehead atoms. The van der Waals surface area contributed by atoms with Crippen LogP contribution in [-0.2, 0) is 13.5 Å². The zero-order valence-electron chi connectivity index (χ0n) is 11.9. The maximum Gasteiger partial charge on any atom is 0.176 e. The van der Waals surface area contributed by atoms with Crippen LogP contribution in [0.25, 0.3) is 0 Å². The maximum atomic E-state index is 4.22. The van der Waals surface area contributed by atoms with E-state index in [4.69, 9.17) is 0 Å². The second kappa shape index (κ2) is 5.58. The molecule has 0 saturated heterocycles. The van der Waals surface area contributed by atoms with E-state index in [1.165, 1.54) is 4.80 Å². The van der Waals surface area contributed by atoms with Crippen LogP contribution in [0.3, 0.4) is 0 Å². The second-order valence-corrected chi connectivity index (χ2v) is 5.89. The van der Waals surface area contributed by atoms with E-state index in [9.17, 15) is 0 Å². The van der Waals surface area contributed by atoms with Crippen molar-refractivity contribution in [1.82, 2.24) is 25.5 Å². The number of hydrogen-bond acceptors (Lipinski definition) is 4. The summed E-state index contributed by atoms with van der Waals surface area (Å²) in [6.07, 6.45) is 1.96. The zero-order valence-corrected chi connectivity index (χ0v) is 11.9. The van der Waals surface area contributed by atoms with Crippen molar-refractivity contribution in [2.75, 3.05) is 7.05 Å². The largest absolute Gasteiger partial charge is 0.317 e. The smallest absolute Gasteiger partial charge is 0.176 e. The summed E-state index contributed by atoms with van der Waals surface area (Å²) in [5.41, 5.74) is 0.338. The first-order valence-corrected chi connectivity index (χ1v) is 6.23. The van der Waals surface area contributed by atoms with E-state index in [0.717, 1.165) is 18.7 Å². The van der Waals surface area contributed by atoms with Crippen LogP contribution in [0.2, 0.25) is 0 Å². The van der Waals surface area contributed by atoms with Crippen LogP contribution in [0.15, 0.2) is 0 Å². The topological polar surface area (TPSA) is 55.6 Å². The van der Waals surface area contributed by atoms with Gasteiger partial charge < -0.3 is 5.32 Å². The summed E-state index contributed by atoms with van der Waals surface area (Å²) in [7, 11) is 3.79. The Balaban J connectivity index is 2.55. The lowest BCUT2D eigenvalue weighted by atomic mass is 9.78. The molecule has 0 fully saturated rings. The van der Waals surface area contributed by atoms with Crippen LogP contribution < -0.4 is 5.32 Å². The number of likely N-dealkylation sites (N-methyl/N-ethyl adjacent to an activating group) is 1. The lowest BCUT2D eigenvalue weighted by Gasteiger charge is -2.30. The highest BCUT2D eigenvalue weighted by atomic mass is 15.6. The van der Waals surface area contributed by atoms with Crippen molar-refractivity contribution in [2.45, 2.75) is 46.6 Å². The highest BCUT2D eigenvalue weighted by Crippen LogP contribution is 2.29. The number of aryl methyl sites for hydroxylation is 1. The molecular weight excluding hydrogens is 214 g/mol. The van der Waals surface area contributed by atoms with E-state index in [1.54, 1.807) is 7.05 Å². The van der Waals surface area contributed by atoms with E-state index in [1.807, 2.05) is 7.05 Å². The van der Waals surface area contributed by atoms with Crippen LogP contribution in [0.1, 0.15) is 39.9 Å². The lowest BCUT2D eigenvalue weighted by Crippen LogP contribution is -2.33. The fourth-order valence-corrected chi connectivity index (χ4v) is 1.71. The second-order valence-electron chi connectivity index (χ2n) is 5.89. The molecule has 17 heavy (non-hydrogen) atoms. The Morgan fingerprint density at radius 3 is 2.41 bits per heavy atom. The van der Waals surface area contributed by atoms with Gasteiger partial charge in [0.05, 0.1) is 7.05 Å². The average Bonchev–Trinajstić information content (AvgIpc) is 2.61. The summed E-state index contributed by atoms with van der Waals surface area (Å²) in [4.78, 5) is 1.51. The van der Waals surface area contributed by atoms with Crippen LogP contribution in [-0.4, -0.2) is 33.3 Å². The molecule has 0 saturated carbocycles. The van der Waals surface area contributed by atoms with E-state index >= 15 is 0 Å². The molecule has 0 aliphatic carbocycles. The van der Waals surface area contributed by atoms with Gasteiger partial charge >= 0.3 is 0 Å². The van der Waals surface area contributed by atoms with Gasteiger partial charge in [0.1, 0.15) is 0 Å². The Hall–Kier alpha value is -0.970. The van der Waals surface area contributed by atoms with Gasteiger partial charge in [-0.05, 0) is 30.0 Å². The number of hydrogen-bond donors (Lipinski definition) is 1. The molecule has 1 aromatic heterocycles. The summed E-state index contributed by atoms with van der Waals surface area (Å²) >= 11 is 0. The van der Waals surface area contributed by atoms with Crippen molar-refractivity contribution in [2.24, 2.45) is 18.4 Å². The molecule has 0 aliphatic heterocycles. The van der Waals surface area contributed by atoms with E-state index in [2.05, 4.69) is 48.4 Å². The molecule has 1 rings (SSSR count). The quantitative estimate of drug-likeness (QED) is 0.844. The predicted octanol–water partition coefficient (Wildman–Crippen LogP) is 1.41. The van der Waals surface area contributed by atoms with E-state index in [0.29, 0.717) is 17.4 Å². The first-order chi connectivity index (χ1) is 7.82. The number of tetrazole rings is 1. The van der Waals surface area contributed by atoms with Crippen LogP contribution in [0, 0.1) is 11.3 Å². The first kappa shape index (κ1) is 14.1. The Morgan fingerprint density at radius 1 is 1.35 bits per heavy atom. The highest BCUT2D eigenvalue weighted by Gasteiger charge is 2.23. The number of rotatable bonds is 5. The molecule has 98 valence electrons. The van der Waals surface area contributed by atoms with Gasteiger partial charge in [-0.15, -0.1) is 10.2 Å². The Bertz CT molecular complexity index is 339. The zero-order chi connectivity index (χ0) is 13.1. The maximum absolute atomic E-state index is 4.22. The van der Waals surface area contributed by atoms with E-state index in [-0.39, 0.29) is 0 Å². The molecule has 0 aromatic carbocycles. The molecule has 0 spiro atoms. The molecule has 2 atom stereocenters. The summed E-state index contributed by atoms with van der Waals surface area (Å²) in [5, 5.41) is 15.5. The Morgan fingerprint density at radius 2 is 2.00 bits per heavy atom. The molecule has 1 N–H and O–H groups in total. The summed E-state index contributed by atoms with van der Waals surface area (Å²) in [5.74, 6) is 1.46. The van der Waals surface area contributed by atoms with Crippen LogP contribution in [0.5, 0.6) is 0 Å². The number of nitrogens with one attached hydrogen (secondary N) is 1. The third kappa shape index (κ3) is 4.42. The first-order valence-electron chi connectivity index (χ1n) is 6.23. The van der Waals surface area contributed by atoms with Crippen molar-refractivity contribution < 1.29 is 0 Å². The van der Waals surface area contributed by atoms with Gasteiger partial charge in [0, 0.05) is 12.5 Å². The number of nitrogens with zero attached hydrogens (tertiary/aromatic N) is 4. The van der Waals surface area contributed by atoms with Gasteiger partial charge in [0.25, 0.3) is 0 Å². The summed E-state index contributed by atoms with van der Waals surface area (Å²) in [6.45, 7) is 9.15. The minimum atomic E-state index is 0.338. The minimum Gasteiger partial charge on any atom is -0.317 e. The SMILES string of the molecule is CNC(Cc1nnn(C)n1)CC(C)C(C)(C)C. The van der Waals surface area contributed by atoms with E-state index < -0.39 is 0 Å². The summed E-state index contributed by atoms with van der Waals surface area (Å²) < 4.78 is 0. The van der Waals surface area contributed by atoms with Gasteiger partial charge in [0.2, 0.25) is 0 Å². The van der Waals surface area contributed by atoms with Gasteiger partial charge in [-0.3, -0.25) is 0 Å². The molecule has 2 unspecified atom stereocenters. The van der Waals surface area contributed by atoms with Gasteiger partial charge in [-0.25, -0.2) is 0 Å². The van der Waals surface area contributed by atoms with Crippen molar-refractivity contribution in [3.8, 4) is 0 Å². The fraction of sp³-hybridized carbons (Fsp3) is 0.917. The van der Waals surface area contributed by atoms with Crippen molar-refractivity contribution >= 4 is 0 Å². The molecule has 5 heteroatoms. The third-order valence-electron chi connectivity index (χ3n) is 3.50. The van der Waals surface area contributed by atoms with Crippen LogP contribution in [0.4, 0.5) is 0 Å². The van der Waals surface area contributed by atoms with Gasteiger partial charge in [-0.2, -0.15) is 4.80 Å². The normalized spacial score (nSPS) is 15.9. The minimum absolute atomic E-state index is 0.338. The molecule has 1 heterocycles. The number of aromatic nitrogens is 4. The molecule has 1 aromatic rings. The Labute approximate surface area is 104 Å². The van der Waals surface area contributed by atoms with Crippen LogP contribution >= 0.6 is 0 Å². The monoisotopic (exact) mass is 239 g/mol. The Kier molecular flexibility index (Phi) is 4.62. The van der Waals surface area contributed by atoms with Crippen molar-refractivity contribution in [3.63, 3.8) is 0 Å². The van der Waals surface area contributed by atoms with Gasteiger partial charge in [0.15, 0.2) is 5.82 Å². The molecular formula is C12H25N5. The third-order valence-corrected chi connectivity index (χ3v) is 3.50. The van der Waals surface area contributed by atoms with Gasteiger partial charge in [-0.1, -0.05) is 27.7 Å². The fourth-order valence-electron chi connectivity index (χ4n) is 1.71. The molecule has 0 aliphatic rings. The predicted molar refractivity (Wildman–Crippen MR) is 68.6 cm³/mol. The molecule has 5 nitrogen and oxygen atoms in total. The lowest BCUT2D eigenvalue weighted by molar-refractivity contribution is 0.224.